The number of fused-ring (bicyclic) bond motifs is 12. The van der Waals surface area contributed by atoms with Gasteiger partial charge in [0.15, 0.2) is 0 Å². The summed E-state index contributed by atoms with van der Waals surface area (Å²) >= 11 is 1.90. The molecule has 0 amide bonds. The minimum atomic E-state index is -0.586. The predicted octanol–water partition coefficient (Wildman–Crippen LogP) is 14.3. The molecule has 0 spiro atoms. The molecular formula is C60H45BN2OS. The fraction of sp³-hybridized carbons (Fsp3) is 0.167. The first-order valence-electron chi connectivity index (χ1n) is 23.1. The average Bonchev–Trinajstić information content (AvgIpc) is 3.81. The molecule has 0 saturated carbocycles. The highest BCUT2D eigenvalue weighted by atomic mass is 32.1. The van der Waals surface area contributed by atoms with Gasteiger partial charge in [-0.2, -0.15) is 0 Å². The third-order valence-corrected chi connectivity index (χ3v) is 16.9. The van der Waals surface area contributed by atoms with E-state index in [9.17, 15) is 0 Å². The normalized spacial score (nSPS) is 18.0. The van der Waals surface area contributed by atoms with Crippen LogP contribution in [0.4, 0.5) is 22.1 Å². The van der Waals surface area contributed by atoms with Gasteiger partial charge in [0.2, 0.25) is 0 Å². The summed E-state index contributed by atoms with van der Waals surface area (Å²) in [5.74, 6) is 7.64. The van der Waals surface area contributed by atoms with Crippen molar-refractivity contribution >= 4 is 83.2 Å². The van der Waals surface area contributed by atoms with Gasteiger partial charge in [-0.3, -0.25) is 4.90 Å². The van der Waals surface area contributed by atoms with Crippen molar-refractivity contribution in [2.75, 3.05) is 9.71 Å². The first-order valence-corrected chi connectivity index (χ1v) is 24.0. The van der Waals surface area contributed by atoms with Crippen LogP contribution in [-0.4, -0.2) is 6.85 Å². The minimum absolute atomic E-state index is 0.00967. The van der Waals surface area contributed by atoms with Gasteiger partial charge >= 0.3 is 6.85 Å². The van der Waals surface area contributed by atoms with Gasteiger partial charge < -0.3 is 9.23 Å². The molecule has 65 heavy (non-hydrogen) atoms. The van der Waals surface area contributed by atoms with E-state index >= 15 is 0 Å². The Hall–Kier alpha value is -7.00. The van der Waals surface area contributed by atoms with Crippen molar-refractivity contribution in [1.29, 1.82) is 0 Å². The zero-order valence-electron chi connectivity index (χ0n) is 37.0. The molecule has 0 unspecified atom stereocenters. The summed E-state index contributed by atoms with van der Waals surface area (Å²) in [7, 11) is 0. The third kappa shape index (κ3) is 4.83. The Labute approximate surface area is 384 Å². The Morgan fingerprint density at radius 1 is 0.615 bits per heavy atom. The summed E-state index contributed by atoms with van der Waals surface area (Å²) < 4.78 is 8.30. The Balaban J connectivity index is 1.17. The second kappa shape index (κ2) is 13.1. The molecule has 0 saturated heterocycles. The lowest BCUT2D eigenvalue weighted by molar-refractivity contribution is 0.264. The van der Waals surface area contributed by atoms with Crippen LogP contribution in [0, 0.1) is 22.7 Å². The SMILES string of the molecule is CC1(C)CCC(C)(C)C2=C1C=C(N1c3sc4ccccc4c3B3c4c(cc5oc6ccccc6c5c41)-c1cccc4c1N3c1ccccc1C4(c1ccccc1)c1ccccc1)C#CC2. The van der Waals surface area contributed by atoms with Gasteiger partial charge in [-0.15, -0.1) is 11.3 Å². The molecule has 0 N–H and O–H groups in total. The summed E-state index contributed by atoms with van der Waals surface area (Å²) in [5.41, 5.74) is 19.1. The zero-order chi connectivity index (χ0) is 43.4. The van der Waals surface area contributed by atoms with E-state index in [0.29, 0.717) is 0 Å². The van der Waals surface area contributed by atoms with Crippen LogP contribution in [0.1, 0.15) is 69.2 Å². The van der Waals surface area contributed by atoms with Gasteiger partial charge in [-0.05, 0) is 115 Å². The van der Waals surface area contributed by atoms with Gasteiger partial charge in [0.05, 0.1) is 27.2 Å². The van der Waals surface area contributed by atoms with E-state index in [2.05, 4.69) is 213 Å². The van der Waals surface area contributed by atoms with Crippen molar-refractivity contribution in [1.82, 2.24) is 0 Å². The average molecular weight is 853 g/mol. The Morgan fingerprint density at radius 2 is 1.29 bits per heavy atom. The first-order chi connectivity index (χ1) is 31.8. The monoisotopic (exact) mass is 852 g/mol. The number of para-hydroxylation sites is 3. The maximum Gasteiger partial charge on any atom is 0.334 e. The highest BCUT2D eigenvalue weighted by molar-refractivity contribution is 7.26. The number of benzene rings is 7. The van der Waals surface area contributed by atoms with Crippen LogP contribution in [0.5, 0.6) is 0 Å². The molecule has 5 heterocycles. The molecular weight excluding hydrogens is 808 g/mol. The lowest BCUT2D eigenvalue weighted by Crippen LogP contribution is -2.63. The maximum absolute atomic E-state index is 7.02. The van der Waals surface area contributed by atoms with Gasteiger partial charge in [0.25, 0.3) is 0 Å². The topological polar surface area (TPSA) is 19.6 Å². The van der Waals surface area contributed by atoms with Crippen molar-refractivity contribution in [3.63, 3.8) is 0 Å². The van der Waals surface area contributed by atoms with Crippen LogP contribution in [0.2, 0.25) is 0 Å². The van der Waals surface area contributed by atoms with E-state index in [-0.39, 0.29) is 17.7 Å². The fourth-order valence-corrected chi connectivity index (χ4v) is 13.9. The Kier molecular flexibility index (Phi) is 7.51. The highest BCUT2D eigenvalue weighted by Gasteiger charge is 2.55. The number of allylic oxidation sites excluding steroid dienone is 4. The summed E-state index contributed by atoms with van der Waals surface area (Å²) in [4.78, 5) is 5.32. The molecule has 0 bridgehead atoms. The molecule has 0 fully saturated rings. The molecule has 0 radical (unpaired) electrons. The maximum atomic E-state index is 7.02. The summed E-state index contributed by atoms with van der Waals surface area (Å²) in [5, 5.41) is 4.79. The van der Waals surface area contributed by atoms with E-state index in [0.717, 1.165) is 46.9 Å². The molecule has 3 aliphatic heterocycles. The number of anilines is 4. The number of hydrogen-bond acceptors (Lipinski definition) is 4. The van der Waals surface area contributed by atoms with Crippen LogP contribution >= 0.6 is 11.3 Å². The lowest BCUT2D eigenvalue weighted by Gasteiger charge is -2.52. The summed E-state index contributed by atoms with van der Waals surface area (Å²) in [6.45, 7) is 9.57. The third-order valence-electron chi connectivity index (χ3n) is 15.7. The molecule has 5 aliphatic rings. The van der Waals surface area contributed by atoms with E-state index in [1.165, 1.54) is 87.6 Å². The lowest BCUT2D eigenvalue weighted by atomic mass is 9.42. The van der Waals surface area contributed by atoms with Crippen molar-refractivity contribution in [3.8, 4) is 23.0 Å². The fourth-order valence-electron chi connectivity index (χ4n) is 12.7. The Morgan fingerprint density at radius 3 is 2.09 bits per heavy atom. The number of nitrogens with zero attached hydrogens (tertiary/aromatic N) is 2. The minimum Gasteiger partial charge on any atom is -0.456 e. The summed E-state index contributed by atoms with van der Waals surface area (Å²) in [6, 6.07) is 58.8. The van der Waals surface area contributed by atoms with Crippen LogP contribution in [0.15, 0.2) is 185 Å². The molecule has 0 atom stereocenters. The van der Waals surface area contributed by atoms with Crippen LogP contribution in [0.3, 0.4) is 0 Å². The molecule has 2 aromatic heterocycles. The standard InChI is InChI=1S/C60H45BN2OS/c1-58(2)33-34-59(3,4)47-35-39(23-17-28-44(47)58)62-56-52-41-24-11-15-31-49(41)64-50(52)36-43-40-26-18-29-46-55(40)63(61(53(43)56)54-42-25-12-16-32-51(42)65-57(54)62)48-30-14-13-27-45(48)60(46,37-19-7-5-8-20-37)38-21-9-6-10-22-38/h5-16,18-22,24-27,29-32,35-36H,28,33-34H2,1-4H3. The molecule has 14 rings (SSSR count). The van der Waals surface area contributed by atoms with E-state index < -0.39 is 5.41 Å². The second-order valence-electron chi connectivity index (χ2n) is 20.0. The van der Waals surface area contributed by atoms with E-state index in [1.54, 1.807) is 0 Å². The largest absolute Gasteiger partial charge is 0.456 e. The molecule has 7 aromatic carbocycles. The number of hydrogen-bond donors (Lipinski definition) is 0. The van der Waals surface area contributed by atoms with Crippen LogP contribution < -0.4 is 20.6 Å². The Bertz CT molecular complexity index is 3630. The molecule has 2 aliphatic carbocycles. The number of furan rings is 1. The smallest absolute Gasteiger partial charge is 0.334 e. The van der Waals surface area contributed by atoms with Crippen molar-refractivity contribution in [3.05, 3.63) is 203 Å². The second-order valence-corrected chi connectivity index (χ2v) is 21.0. The molecule has 9 aromatic rings. The van der Waals surface area contributed by atoms with Crippen molar-refractivity contribution in [2.45, 2.75) is 52.4 Å². The number of rotatable bonds is 3. The van der Waals surface area contributed by atoms with Crippen LogP contribution in [-0.2, 0) is 5.41 Å². The number of thiophene rings is 1. The first kappa shape index (κ1) is 37.4. The van der Waals surface area contributed by atoms with Gasteiger partial charge in [-0.1, -0.05) is 167 Å². The van der Waals surface area contributed by atoms with E-state index in [4.69, 9.17) is 4.42 Å². The van der Waals surface area contributed by atoms with Crippen molar-refractivity contribution in [2.24, 2.45) is 10.8 Å². The highest BCUT2D eigenvalue weighted by Crippen LogP contribution is 2.61. The zero-order valence-corrected chi connectivity index (χ0v) is 37.8. The quantitative estimate of drug-likeness (QED) is 0.130. The molecule has 3 nitrogen and oxygen atoms in total. The van der Waals surface area contributed by atoms with Gasteiger partial charge in [-0.25, -0.2) is 0 Å². The predicted molar refractivity (Wildman–Crippen MR) is 273 cm³/mol. The van der Waals surface area contributed by atoms with Crippen molar-refractivity contribution < 1.29 is 4.42 Å². The van der Waals surface area contributed by atoms with Gasteiger partial charge in [0, 0.05) is 33.4 Å². The summed E-state index contributed by atoms with van der Waals surface area (Å²) in [6.07, 6.45) is 5.58. The molecule has 5 heteroatoms. The van der Waals surface area contributed by atoms with Gasteiger partial charge in [0.1, 0.15) is 11.2 Å². The molecule has 310 valence electrons. The van der Waals surface area contributed by atoms with Crippen LogP contribution in [0.25, 0.3) is 43.2 Å². The van der Waals surface area contributed by atoms with E-state index in [1.807, 2.05) is 11.3 Å².